The molecule has 2 aromatic heterocycles. The Kier molecular flexibility index (Phi) is 3.26. The lowest BCUT2D eigenvalue weighted by Gasteiger charge is -2.12. The molecule has 0 spiro atoms. The molecule has 2 N–H and O–H groups in total. The van der Waals surface area contributed by atoms with Gasteiger partial charge in [-0.1, -0.05) is 6.07 Å². The fourth-order valence-electron chi connectivity index (χ4n) is 2.11. The van der Waals surface area contributed by atoms with Gasteiger partial charge in [-0.05, 0) is 37.3 Å². The molecule has 0 aliphatic rings. The minimum absolute atomic E-state index is 0.182. The maximum Gasteiger partial charge on any atom is 0.213 e. The molecule has 21 heavy (non-hydrogen) atoms. The number of pyridine rings is 1. The van der Waals surface area contributed by atoms with E-state index in [-0.39, 0.29) is 16.0 Å². The van der Waals surface area contributed by atoms with E-state index in [0.717, 1.165) is 0 Å². The molecule has 3 rings (SSSR count). The lowest BCUT2D eigenvalue weighted by atomic mass is 10.2. The Morgan fingerprint density at radius 2 is 2.10 bits per heavy atom. The molecular weight excluding hydrogens is 291 g/mol. The van der Waals surface area contributed by atoms with Crippen molar-refractivity contribution in [3.05, 3.63) is 63.0 Å². The summed E-state index contributed by atoms with van der Waals surface area (Å²) in [5.41, 5.74) is 1.50. The smallest absolute Gasteiger partial charge is 0.213 e. The predicted octanol–water partition coefficient (Wildman–Crippen LogP) is 2.73. The number of aryl methyl sites for hydroxylation is 1. The molecule has 5 nitrogen and oxygen atoms in total. The predicted molar refractivity (Wildman–Crippen MR) is 79.5 cm³/mol. The topological polar surface area (TPSA) is 66.5 Å². The molecule has 2 heterocycles. The van der Waals surface area contributed by atoms with E-state index >= 15 is 0 Å². The number of nitrogens with one attached hydrogen (secondary N) is 2. The van der Waals surface area contributed by atoms with Crippen LogP contribution in [-0.4, -0.2) is 19.7 Å². The van der Waals surface area contributed by atoms with Gasteiger partial charge in [-0.2, -0.15) is 4.98 Å². The Labute approximate surface area is 124 Å². The standard InChI is InChI=1S/C14H11FN4OS/c1-8-5-12(20)11(13-16-14(21)18-17-13)7-19(8)10-4-2-3-9(15)6-10/h2-7H,1H3,(H2,16,17,18,21). The first-order valence-corrected chi connectivity index (χ1v) is 6.60. The third-order valence-corrected chi connectivity index (χ3v) is 3.28. The van der Waals surface area contributed by atoms with Crippen LogP contribution in [0.25, 0.3) is 17.1 Å². The van der Waals surface area contributed by atoms with Crippen LogP contribution >= 0.6 is 12.2 Å². The number of H-pyrrole nitrogens is 2. The molecule has 0 saturated heterocycles. The monoisotopic (exact) mass is 302 g/mol. The first kappa shape index (κ1) is 13.4. The van der Waals surface area contributed by atoms with Gasteiger partial charge in [-0.25, -0.2) is 4.39 Å². The maximum atomic E-state index is 13.4. The van der Waals surface area contributed by atoms with Crippen molar-refractivity contribution in [2.45, 2.75) is 6.92 Å². The highest BCUT2D eigenvalue weighted by atomic mass is 32.1. The first-order chi connectivity index (χ1) is 10.0. The van der Waals surface area contributed by atoms with Crippen LogP contribution in [0.3, 0.4) is 0 Å². The molecule has 0 bridgehead atoms. The minimum atomic E-state index is -0.341. The number of aromatic nitrogens is 4. The van der Waals surface area contributed by atoms with E-state index in [9.17, 15) is 9.18 Å². The van der Waals surface area contributed by atoms with Gasteiger partial charge in [-0.3, -0.25) is 15.0 Å². The summed E-state index contributed by atoms with van der Waals surface area (Å²) >= 11 is 4.89. The Morgan fingerprint density at radius 1 is 1.29 bits per heavy atom. The number of hydrogen-bond acceptors (Lipinski definition) is 3. The fraction of sp³-hybridized carbons (Fsp3) is 0.0714. The third kappa shape index (κ3) is 2.55. The molecule has 0 fully saturated rings. The molecule has 106 valence electrons. The van der Waals surface area contributed by atoms with Crippen LogP contribution in [0.5, 0.6) is 0 Å². The number of benzene rings is 1. The molecule has 0 atom stereocenters. The van der Waals surface area contributed by atoms with Crippen molar-refractivity contribution >= 4 is 12.2 Å². The molecule has 0 radical (unpaired) electrons. The van der Waals surface area contributed by atoms with E-state index in [1.54, 1.807) is 29.8 Å². The molecule has 3 aromatic rings. The Morgan fingerprint density at radius 3 is 2.76 bits per heavy atom. The zero-order valence-corrected chi connectivity index (χ0v) is 11.9. The van der Waals surface area contributed by atoms with Crippen LogP contribution in [-0.2, 0) is 0 Å². The second-order valence-corrected chi connectivity index (χ2v) is 4.94. The number of hydrogen-bond donors (Lipinski definition) is 2. The quantitative estimate of drug-likeness (QED) is 0.715. The number of rotatable bonds is 2. The zero-order valence-electron chi connectivity index (χ0n) is 11.1. The molecule has 0 unspecified atom stereocenters. The largest absolute Gasteiger partial charge is 0.320 e. The highest BCUT2D eigenvalue weighted by molar-refractivity contribution is 7.71. The van der Waals surface area contributed by atoms with Crippen LogP contribution in [0.2, 0.25) is 0 Å². The molecule has 0 saturated carbocycles. The second-order valence-electron chi connectivity index (χ2n) is 4.56. The van der Waals surface area contributed by atoms with Crippen LogP contribution in [0.4, 0.5) is 4.39 Å². The lowest BCUT2D eigenvalue weighted by Crippen LogP contribution is -2.12. The van der Waals surface area contributed by atoms with Gasteiger partial charge in [0.15, 0.2) is 11.3 Å². The average Bonchev–Trinajstić information content (AvgIpc) is 2.85. The number of nitrogens with zero attached hydrogens (tertiary/aromatic N) is 2. The maximum absolute atomic E-state index is 13.4. The van der Waals surface area contributed by atoms with E-state index in [2.05, 4.69) is 15.2 Å². The second kappa shape index (κ2) is 5.10. The number of halogens is 1. The lowest BCUT2D eigenvalue weighted by molar-refractivity contribution is 0.626. The Bertz CT molecular complexity index is 925. The van der Waals surface area contributed by atoms with Crippen LogP contribution in [0, 0.1) is 17.5 Å². The summed E-state index contributed by atoms with van der Waals surface area (Å²) in [6, 6.07) is 7.62. The molecule has 0 aliphatic heterocycles. The van der Waals surface area contributed by atoms with Crippen molar-refractivity contribution < 1.29 is 4.39 Å². The molecule has 1 aromatic carbocycles. The van der Waals surface area contributed by atoms with Gasteiger partial charge in [0, 0.05) is 23.6 Å². The van der Waals surface area contributed by atoms with Crippen LogP contribution < -0.4 is 5.43 Å². The summed E-state index contributed by atoms with van der Waals surface area (Å²) in [5, 5.41) is 5.39. The summed E-state index contributed by atoms with van der Waals surface area (Å²) in [6.45, 7) is 1.78. The van der Waals surface area contributed by atoms with Gasteiger partial charge in [0.1, 0.15) is 5.82 Å². The van der Waals surface area contributed by atoms with Gasteiger partial charge >= 0.3 is 0 Å². The van der Waals surface area contributed by atoms with Crippen LogP contribution in [0.1, 0.15) is 5.69 Å². The van der Waals surface area contributed by atoms with Gasteiger partial charge in [0.25, 0.3) is 0 Å². The van der Waals surface area contributed by atoms with E-state index in [0.29, 0.717) is 22.8 Å². The highest BCUT2D eigenvalue weighted by Crippen LogP contribution is 2.16. The van der Waals surface area contributed by atoms with E-state index in [4.69, 9.17) is 12.2 Å². The first-order valence-electron chi connectivity index (χ1n) is 6.19. The Hall–Kier alpha value is -2.54. The van der Waals surface area contributed by atoms with Crippen molar-refractivity contribution in [1.29, 1.82) is 0 Å². The van der Waals surface area contributed by atoms with Crippen LogP contribution in [0.15, 0.2) is 41.3 Å². The van der Waals surface area contributed by atoms with Crippen molar-refractivity contribution in [1.82, 2.24) is 19.7 Å². The van der Waals surface area contributed by atoms with Gasteiger partial charge in [0.05, 0.1) is 5.56 Å². The van der Waals surface area contributed by atoms with Crippen molar-refractivity contribution in [3.63, 3.8) is 0 Å². The molecule has 7 heteroatoms. The Balaban J connectivity index is 2.23. The zero-order chi connectivity index (χ0) is 15.0. The SMILES string of the molecule is Cc1cc(=O)c(-c2nc(=S)[nH][nH]2)cn1-c1cccc(F)c1. The van der Waals surface area contributed by atoms with Gasteiger partial charge in [-0.15, -0.1) is 0 Å². The van der Waals surface area contributed by atoms with E-state index in [1.807, 2.05) is 0 Å². The van der Waals surface area contributed by atoms with E-state index < -0.39 is 0 Å². The molecule has 0 amide bonds. The van der Waals surface area contributed by atoms with E-state index in [1.165, 1.54) is 18.2 Å². The minimum Gasteiger partial charge on any atom is -0.320 e. The summed E-state index contributed by atoms with van der Waals surface area (Å²) < 4.78 is 15.4. The average molecular weight is 302 g/mol. The molecule has 0 aliphatic carbocycles. The van der Waals surface area contributed by atoms with Gasteiger partial charge < -0.3 is 4.57 Å². The summed E-state index contributed by atoms with van der Waals surface area (Å²) in [7, 11) is 0. The molecular formula is C14H11FN4OS. The fourth-order valence-corrected chi connectivity index (χ4v) is 2.25. The van der Waals surface area contributed by atoms with Gasteiger partial charge in [0.2, 0.25) is 4.77 Å². The summed E-state index contributed by atoms with van der Waals surface area (Å²) in [6.07, 6.45) is 1.62. The summed E-state index contributed by atoms with van der Waals surface area (Å²) in [5.74, 6) is 0.0153. The van der Waals surface area contributed by atoms with Crippen molar-refractivity contribution in [3.8, 4) is 17.1 Å². The van der Waals surface area contributed by atoms with Crippen molar-refractivity contribution in [2.24, 2.45) is 0 Å². The normalized spacial score (nSPS) is 10.8. The van der Waals surface area contributed by atoms with Crippen molar-refractivity contribution in [2.75, 3.05) is 0 Å². The number of aromatic amines is 2. The summed E-state index contributed by atoms with van der Waals surface area (Å²) in [4.78, 5) is 16.1. The highest BCUT2D eigenvalue weighted by Gasteiger charge is 2.10. The third-order valence-electron chi connectivity index (χ3n) is 3.09.